The van der Waals surface area contributed by atoms with E-state index in [1.165, 1.54) is 0 Å². The Labute approximate surface area is 106 Å². The van der Waals surface area contributed by atoms with Gasteiger partial charge in [-0.15, -0.1) is 0 Å². The van der Waals surface area contributed by atoms with Crippen molar-refractivity contribution in [2.24, 2.45) is 0 Å². The summed E-state index contributed by atoms with van der Waals surface area (Å²) in [7, 11) is 0. The average molecular weight is 261 g/mol. The molecule has 1 amide bonds. The summed E-state index contributed by atoms with van der Waals surface area (Å²) < 4.78 is 4.84. The maximum absolute atomic E-state index is 11.5. The second-order valence-corrected chi connectivity index (χ2v) is 4.34. The summed E-state index contributed by atoms with van der Waals surface area (Å²) in [6.07, 6.45) is 0.699. The van der Waals surface area contributed by atoms with Crippen LogP contribution in [-0.2, 0) is 19.1 Å². The van der Waals surface area contributed by atoms with E-state index in [0.29, 0.717) is 12.8 Å². The lowest BCUT2D eigenvalue weighted by atomic mass is 10.3. The van der Waals surface area contributed by atoms with E-state index in [4.69, 9.17) is 4.74 Å². The second kappa shape index (κ2) is 9.04. The molecule has 0 aliphatic heterocycles. The van der Waals surface area contributed by atoms with Crippen LogP contribution in [0.25, 0.3) is 0 Å². The number of hydrogen-bond donors (Lipinski definition) is 1. The predicted molar refractivity (Wildman–Crippen MR) is 66.6 cm³/mol. The number of amides is 1. The third-order valence-corrected chi connectivity index (χ3v) is 3.04. The monoisotopic (exact) mass is 261 g/mol. The minimum absolute atomic E-state index is 0.00922. The van der Waals surface area contributed by atoms with Crippen molar-refractivity contribution in [3.63, 3.8) is 0 Å². The molecule has 0 aliphatic carbocycles. The summed E-state index contributed by atoms with van der Waals surface area (Å²) in [5.41, 5.74) is 0. The molecule has 0 heterocycles. The Morgan fingerprint density at radius 3 is 2.29 bits per heavy atom. The zero-order valence-corrected chi connectivity index (χ0v) is 11.3. The van der Waals surface area contributed by atoms with Crippen LogP contribution in [-0.4, -0.2) is 35.4 Å². The molecule has 0 saturated heterocycles. The predicted octanol–water partition coefficient (Wildman–Crippen LogP) is 1.11. The first-order valence-electron chi connectivity index (χ1n) is 5.66. The molecule has 0 aromatic carbocycles. The molecule has 0 radical (unpaired) electrons. The summed E-state index contributed by atoms with van der Waals surface area (Å²) in [6, 6.07) is -0.747. The van der Waals surface area contributed by atoms with Crippen LogP contribution in [0.4, 0.5) is 0 Å². The number of hydrogen-bond acceptors (Lipinski definition) is 5. The number of thioether (sulfide) groups is 1. The Bertz CT molecular complexity index is 281. The van der Waals surface area contributed by atoms with Gasteiger partial charge in [0.05, 0.1) is 6.61 Å². The minimum atomic E-state index is -0.747. The molecule has 98 valence electrons. The van der Waals surface area contributed by atoms with Crippen molar-refractivity contribution in [1.29, 1.82) is 0 Å². The molecule has 1 atom stereocenters. The first-order valence-corrected chi connectivity index (χ1v) is 6.65. The van der Waals surface area contributed by atoms with Crippen molar-refractivity contribution in [2.75, 3.05) is 12.4 Å². The summed E-state index contributed by atoms with van der Waals surface area (Å²) >= 11 is 1.04. The maximum Gasteiger partial charge on any atom is 0.329 e. The zero-order chi connectivity index (χ0) is 13.3. The molecule has 0 saturated carbocycles. The Hall–Kier alpha value is -1.04. The molecule has 0 aromatic heterocycles. The standard InChI is InChI=1S/C11H19NO4S/c1-4-9(13)12-8(11(15)16-6-3)7-17-10(14)5-2/h8H,4-7H2,1-3H3,(H,12,13)/t8-/m0/s1. The molecule has 6 heteroatoms. The fourth-order valence-electron chi connectivity index (χ4n) is 0.986. The number of carbonyl (C=O) groups excluding carboxylic acids is 3. The molecule has 17 heavy (non-hydrogen) atoms. The molecule has 0 rings (SSSR count). The summed E-state index contributed by atoms with van der Waals surface area (Å²) in [5.74, 6) is -0.504. The van der Waals surface area contributed by atoms with Crippen molar-refractivity contribution >= 4 is 28.8 Å². The zero-order valence-electron chi connectivity index (χ0n) is 10.4. The molecule has 0 aliphatic rings. The molecule has 5 nitrogen and oxygen atoms in total. The number of ether oxygens (including phenoxy) is 1. The smallest absolute Gasteiger partial charge is 0.329 e. The van der Waals surface area contributed by atoms with Gasteiger partial charge in [-0.1, -0.05) is 25.6 Å². The lowest BCUT2D eigenvalue weighted by Crippen LogP contribution is -2.43. The molecular weight excluding hydrogens is 242 g/mol. The van der Waals surface area contributed by atoms with Crippen LogP contribution in [0.5, 0.6) is 0 Å². The van der Waals surface area contributed by atoms with Gasteiger partial charge in [-0.2, -0.15) is 0 Å². The summed E-state index contributed by atoms with van der Waals surface area (Å²) in [4.78, 5) is 33.9. The van der Waals surface area contributed by atoms with E-state index < -0.39 is 12.0 Å². The second-order valence-electron chi connectivity index (χ2n) is 3.26. The van der Waals surface area contributed by atoms with Crippen molar-refractivity contribution in [2.45, 2.75) is 39.7 Å². The molecular formula is C11H19NO4S. The first kappa shape index (κ1) is 16.0. The van der Waals surface area contributed by atoms with Crippen molar-refractivity contribution in [3.05, 3.63) is 0 Å². The average Bonchev–Trinajstić information content (AvgIpc) is 2.33. The lowest BCUT2D eigenvalue weighted by molar-refractivity contribution is -0.146. The third-order valence-electron chi connectivity index (χ3n) is 1.93. The van der Waals surface area contributed by atoms with Gasteiger partial charge in [0, 0.05) is 18.6 Å². The van der Waals surface area contributed by atoms with Crippen molar-refractivity contribution in [3.8, 4) is 0 Å². The van der Waals surface area contributed by atoms with Gasteiger partial charge in [0.2, 0.25) is 5.91 Å². The van der Waals surface area contributed by atoms with Gasteiger partial charge in [-0.3, -0.25) is 9.59 Å². The highest BCUT2D eigenvalue weighted by molar-refractivity contribution is 8.13. The number of rotatable bonds is 7. The Morgan fingerprint density at radius 1 is 1.18 bits per heavy atom. The molecule has 0 spiro atoms. The van der Waals surface area contributed by atoms with Crippen LogP contribution in [0.15, 0.2) is 0 Å². The van der Waals surface area contributed by atoms with E-state index in [1.54, 1.807) is 20.8 Å². The highest BCUT2D eigenvalue weighted by atomic mass is 32.2. The van der Waals surface area contributed by atoms with Crippen LogP contribution in [0.3, 0.4) is 0 Å². The molecule has 0 unspecified atom stereocenters. The van der Waals surface area contributed by atoms with E-state index in [0.717, 1.165) is 11.8 Å². The Kier molecular flexibility index (Phi) is 8.49. The van der Waals surface area contributed by atoms with E-state index in [-0.39, 0.29) is 23.4 Å². The highest BCUT2D eigenvalue weighted by Gasteiger charge is 2.22. The van der Waals surface area contributed by atoms with Crippen LogP contribution in [0.2, 0.25) is 0 Å². The van der Waals surface area contributed by atoms with Crippen molar-refractivity contribution < 1.29 is 19.1 Å². The highest BCUT2D eigenvalue weighted by Crippen LogP contribution is 2.08. The number of nitrogens with one attached hydrogen (secondary N) is 1. The van der Waals surface area contributed by atoms with Gasteiger partial charge in [0.25, 0.3) is 0 Å². The number of esters is 1. The minimum Gasteiger partial charge on any atom is -0.464 e. The fourth-order valence-corrected chi connectivity index (χ4v) is 1.76. The van der Waals surface area contributed by atoms with Crippen LogP contribution in [0, 0.1) is 0 Å². The van der Waals surface area contributed by atoms with E-state index in [2.05, 4.69) is 5.32 Å². The van der Waals surface area contributed by atoms with Gasteiger partial charge < -0.3 is 10.1 Å². The van der Waals surface area contributed by atoms with Gasteiger partial charge in [-0.05, 0) is 6.92 Å². The maximum atomic E-state index is 11.5. The van der Waals surface area contributed by atoms with Gasteiger partial charge in [-0.25, -0.2) is 4.79 Å². The first-order chi connectivity index (χ1) is 8.04. The normalized spacial score (nSPS) is 11.7. The lowest BCUT2D eigenvalue weighted by Gasteiger charge is -2.15. The Morgan fingerprint density at radius 2 is 1.82 bits per heavy atom. The summed E-state index contributed by atoms with van der Waals surface area (Å²) in [5, 5.41) is 2.53. The summed E-state index contributed by atoms with van der Waals surface area (Å²) in [6.45, 7) is 5.39. The van der Waals surface area contributed by atoms with Gasteiger partial charge in [0.1, 0.15) is 6.04 Å². The largest absolute Gasteiger partial charge is 0.464 e. The van der Waals surface area contributed by atoms with E-state index >= 15 is 0 Å². The van der Waals surface area contributed by atoms with E-state index in [9.17, 15) is 14.4 Å². The molecule has 0 fully saturated rings. The fraction of sp³-hybridized carbons (Fsp3) is 0.727. The quantitative estimate of drug-likeness (QED) is 0.695. The van der Waals surface area contributed by atoms with Gasteiger partial charge in [0.15, 0.2) is 5.12 Å². The third kappa shape index (κ3) is 6.99. The van der Waals surface area contributed by atoms with Crippen LogP contribution >= 0.6 is 11.8 Å². The van der Waals surface area contributed by atoms with Crippen LogP contribution in [0.1, 0.15) is 33.6 Å². The molecule has 0 bridgehead atoms. The number of carbonyl (C=O) groups is 3. The topological polar surface area (TPSA) is 72.5 Å². The Balaban J connectivity index is 4.34. The van der Waals surface area contributed by atoms with Crippen molar-refractivity contribution in [1.82, 2.24) is 5.32 Å². The van der Waals surface area contributed by atoms with Gasteiger partial charge >= 0.3 is 5.97 Å². The SMILES string of the molecule is CCOC(=O)[C@H](CSC(=O)CC)NC(=O)CC. The molecule has 0 aromatic rings. The van der Waals surface area contributed by atoms with Crippen LogP contribution < -0.4 is 5.32 Å². The van der Waals surface area contributed by atoms with E-state index in [1.807, 2.05) is 0 Å². The molecule has 1 N–H and O–H groups in total.